The van der Waals surface area contributed by atoms with Gasteiger partial charge in [0.1, 0.15) is 17.3 Å². The molecular weight excluding hydrogens is 733 g/mol. The van der Waals surface area contributed by atoms with E-state index in [1.807, 2.05) is 6.07 Å². The minimum Gasteiger partial charge on any atom is -0.453 e. The first kappa shape index (κ1) is 32.7. The molecule has 0 radical (unpaired) electrons. The van der Waals surface area contributed by atoms with Gasteiger partial charge in [-0.25, -0.2) is 0 Å². The lowest BCUT2D eigenvalue weighted by Crippen LogP contribution is -2.12. The SMILES string of the molecule is N#Cc1c(-n2c3ccccc3c3ccccc32)c(-n2c3ccccc3c3ccccc32)c(-n2c3ccccc3c3ccccc32)c2oc3c(-c4ccccc4)cccc3c12. The summed E-state index contributed by atoms with van der Waals surface area (Å²) in [6.07, 6.45) is 0. The number of para-hydroxylation sites is 7. The van der Waals surface area contributed by atoms with E-state index in [-0.39, 0.29) is 0 Å². The fraction of sp³-hybridized carbons (Fsp3) is 0. The first-order valence-electron chi connectivity index (χ1n) is 20.3. The summed E-state index contributed by atoms with van der Waals surface area (Å²) in [5.41, 5.74) is 12.6. The fourth-order valence-electron chi connectivity index (χ4n) is 10.1. The second kappa shape index (κ2) is 12.3. The van der Waals surface area contributed by atoms with Crippen LogP contribution in [0.2, 0.25) is 0 Å². The molecule has 4 aromatic heterocycles. The Balaban J connectivity index is 1.39. The third kappa shape index (κ3) is 4.29. The smallest absolute Gasteiger partial charge is 0.163 e. The van der Waals surface area contributed by atoms with E-state index in [2.05, 4.69) is 208 Å². The largest absolute Gasteiger partial charge is 0.453 e. The van der Waals surface area contributed by atoms with Crippen molar-refractivity contribution in [2.24, 2.45) is 0 Å². The van der Waals surface area contributed by atoms with Crippen molar-refractivity contribution in [2.45, 2.75) is 0 Å². The van der Waals surface area contributed by atoms with Crippen LogP contribution in [0, 0.1) is 11.3 Å². The van der Waals surface area contributed by atoms with E-state index in [1.165, 1.54) is 0 Å². The Morgan fingerprint density at radius 1 is 0.333 bits per heavy atom. The zero-order chi connectivity index (χ0) is 39.5. The molecule has 0 saturated carbocycles. The summed E-state index contributed by atoms with van der Waals surface area (Å²) in [5, 5.41) is 20.4. The summed E-state index contributed by atoms with van der Waals surface area (Å²) in [4.78, 5) is 0. The third-order valence-corrected chi connectivity index (χ3v) is 12.5. The molecule has 4 heterocycles. The third-order valence-electron chi connectivity index (χ3n) is 12.5. The minimum absolute atomic E-state index is 0.543. The number of nitrogens with zero attached hydrogens (tertiary/aromatic N) is 4. The molecule has 0 fully saturated rings. The van der Waals surface area contributed by atoms with Crippen LogP contribution in [0.5, 0.6) is 0 Å². The highest BCUT2D eigenvalue weighted by atomic mass is 16.3. The minimum atomic E-state index is 0.543. The molecule has 0 atom stereocenters. The monoisotopic (exact) mass is 764 g/mol. The van der Waals surface area contributed by atoms with Crippen molar-refractivity contribution in [2.75, 3.05) is 0 Å². The van der Waals surface area contributed by atoms with Crippen molar-refractivity contribution in [1.82, 2.24) is 13.7 Å². The van der Waals surface area contributed by atoms with Crippen molar-refractivity contribution in [1.29, 1.82) is 5.26 Å². The molecule has 0 saturated heterocycles. The van der Waals surface area contributed by atoms with Gasteiger partial charge in [0.2, 0.25) is 0 Å². The summed E-state index contributed by atoms with van der Waals surface area (Å²) < 4.78 is 14.5. The Morgan fingerprint density at radius 3 is 1.13 bits per heavy atom. The van der Waals surface area contributed by atoms with Crippen LogP contribution in [0.4, 0.5) is 0 Å². The Hall–Kier alpha value is -8.33. The highest BCUT2D eigenvalue weighted by Crippen LogP contribution is 2.50. The van der Waals surface area contributed by atoms with Gasteiger partial charge in [0.25, 0.3) is 0 Å². The Bertz CT molecular complexity index is 3800. The summed E-state index contributed by atoms with van der Waals surface area (Å²) in [6.45, 7) is 0. The van der Waals surface area contributed by atoms with Crippen molar-refractivity contribution in [3.63, 3.8) is 0 Å². The van der Waals surface area contributed by atoms with Crippen LogP contribution >= 0.6 is 0 Å². The molecule has 0 spiro atoms. The molecule has 5 nitrogen and oxygen atoms in total. The van der Waals surface area contributed by atoms with Crippen LogP contribution in [0.3, 0.4) is 0 Å². The summed E-state index contributed by atoms with van der Waals surface area (Å²) >= 11 is 0. The maximum Gasteiger partial charge on any atom is 0.163 e. The molecular formula is C55H32N4O. The lowest BCUT2D eigenvalue weighted by atomic mass is 9.98. The first-order chi connectivity index (χ1) is 29.8. The van der Waals surface area contributed by atoms with Gasteiger partial charge in [0.05, 0.1) is 55.4 Å². The van der Waals surface area contributed by atoms with E-state index < -0.39 is 0 Å². The molecule has 13 rings (SSSR count). The molecule has 278 valence electrons. The van der Waals surface area contributed by atoms with Gasteiger partial charge >= 0.3 is 0 Å². The summed E-state index contributed by atoms with van der Waals surface area (Å²) in [6, 6.07) is 71.1. The number of hydrogen-bond donors (Lipinski definition) is 0. The van der Waals surface area contributed by atoms with Crippen molar-refractivity contribution < 1.29 is 4.42 Å². The van der Waals surface area contributed by atoms with Gasteiger partial charge in [-0.2, -0.15) is 5.26 Å². The van der Waals surface area contributed by atoms with Gasteiger partial charge in [-0.15, -0.1) is 0 Å². The van der Waals surface area contributed by atoms with E-state index in [0.29, 0.717) is 11.1 Å². The van der Waals surface area contributed by atoms with Crippen LogP contribution in [0.25, 0.3) is 116 Å². The topological polar surface area (TPSA) is 51.7 Å². The van der Waals surface area contributed by atoms with E-state index in [1.54, 1.807) is 0 Å². The molecule has 0 bridgehead atoms. The number of furan rings is 1. The number of aromatic nitrogens is 3. The van der Waals surface area contributed by atoms with Gasteiger partial charge in [-0.05, 0) is 42.0 Å². The van der Waals surface area contributed by atoms with Crippen LogP contribution in [-0.4, -0.2) is 13.7 Å². The van der Waals surface area contributed by atoms with Gasteiger partial charge in [-0.3, -0.25) is 0 Å². The van der Waals surface area contributed by atoms with Crippen molar-refractivity contribution >= 4 is 87.4 Å². The molecule has 0 amide bonds. The molecule has 0 unspecified atom stereocenters. The van der Waals surface area contributed by atoms with Gasteiger partial charge in [0, 0.05) is 43.3 Å². The summed E-state index contributed by atoms with van der Waals surface area (Å²) in [5.74, 6) is 0. The molecule has 9 aromatic carbocycles. The number of rotatable bonds is 4. The molecule has 0 aliphatic rings. The average Bonchev–Trinajstić information content (AvgIpc) is 4.05. The normalized spacial score (nSPS) is 12.0. The molecule has 13 aromatic rings. The summed E-state index contributed by atoms with van der Waals surface area (Å²) in [7, 11) is 0. The van der Waals surface area contributed by atoms with Crippen LogP contribution in [0.1, 0.15) is 5.56 Å². The molecule has 0 N–H and O–H groups in total. The van der Waals surface area contributed by atoms with Crippen LogP contribution in [-0.2, 0) is 0 Å². The van der Waals surface area contributed by atoms with E-state index >= 15 is 0 Å². The van der Waals surface area contributed by atoms with Crippen LogP contribution < -0.4 is 0 Å². The van der Waals surface area contributed by atoms with E-state index in [4.69, 9.17) is 4.42 Å². The zero-order valence-electron chi connectivity index (χ0n) is 32.2. The van der Waals surface area contributed by atoms with E-state index in [9.17, 15) is 5.26 Å². The predicted octanol–water partition coefficient (Wildman–Crippen LogP) is 14.4. The second-order valence-electron chi connectivity index (χ2n) is 15.5. The van der Waals surface area contributed by atoms with Crippen LogP contribution in [0.15, 0.2) is 199 Å². The average molecular weight is 765 g/mol. The zero-order valence-corrected chi connectivity index (χ0v) is 32.2. The van der Waals surface area contributed by atoms with Gasteiger partial charge in [0.15, 0.2) is 5.58 Å². The maximum absolute atomic E-state index is 11.9. The number of benzene rings is 9. The number of nitriles is 1. The highest BCUT2D eigenvalue weighted by molar-refractivity contribution is 6.21. The lowest BCUT2D eigenvalue weighted by Gasteiger charge is -2.23. The quantitative estimate of drug-likeness (QED) is 0.179. The van der Waals surface area contributed by atoms with Gasteiger partial charge < -0.3 is 18.1 Å². The van der Waals surface area contributed by atoms with Crippen molar-refractivity contribution in [3.8, 4) is 34.3 Å². The van der Waals surface area contributed by atoms with E-state index in [0.717, 1.165) is 110 Å². The molecule has 5 heteroatoms. The second-order valence-corrected chi connectivity index (χ2v) is 15.5. The Labute approximate surface area is 343 Å². The predicted molar refractivity (Wildman–Crippen MR) is 247 cm³/mol. The first-order valence-corrected chi connectivity index (χ1v) is 20.3. The Kier molecular flexibility index (Phi) is 6.73. The molecule has 0 aliphatic heterocycles. The number of hydrogen-bond acceptors (Lipinski definition) is 2. The molecule has 0 aliphatic carbocycles. The fourth-order valence-corrected chi connectivity index (χ4v) is 10.1. The van der Waals surface area contributed by atoms with Crippen molar-refractivity contribution in [3.05, 3.63) is 200 Å². The van der Waals surface area contributed by atoms with Gasteiger partial charge in [-0.1, -0.05) is 158 Å². The molecule has 60 heavy (non-hydrogen) atoms. The number of fused-ring (bicyclic) bond motifs is 12. The lowest BCUT2D eigenvalue weighted by molar-refractivity contribution is 0.667. The standard InChI is InChI=1S/C55H32N4O/c56-33-43-50-42-26-16-25-35(34-17-2-1-3-18-34)54(42)60-55(50)53(59-48-31-14-8-23-40(48)41-24-9-15-32-49(41)59)52(58-46-29-12-6-21-38(46)39-22-7-13-30-47(39)58)51(43)57-44-27-10-4-19-36(44)37-20-5-11-28-45(37)57/h1-32H. The highest BCUT2D eigenvalue weighted by Gasteiger charge is 2.33. The maximum atomic E-state index is 11.9. The Morgan fingerprint density at radius 2 is 0.700 bits per heavy atom.